The zero-order valence-corrected chi connectivity index (χ0v) is 13.3. The molecule has 118 valence electrons. The maximum Gasteiger partial charge on any atom is 0.270 e. The number of rotatable bonds is 7. The van der Waals surface area contributed by atoms with Gasteiger partial charge in [0.25, 0.3) is 5.91 Å². The van der Waals surface area contributed by atoms with Crippen molar-refractivity contribution in [1.82, 2.24) is 9.47 Å². The van der Waals surface area contributed by atoms with Crippen molar-refractivity contribution in [2.24, 2.45) is 7.05 Å². The Labute approximate surface area is 131 Å². The molecule has 2 rings (SSSR count). The third kappa shape index (κ3) is 4.20. The maximum absolute atomic E-state index is 13.0. The van der Waals surface area contributed by atoms with Gasteiger partial charge < -0.3 is 9.47 Å². The van der Waals surface area contributed by atoms with E-state index < -0.39 is 0 Å². The number of halogens is 1. The molecule has 1 amide bonds. The van der Waals surface area contributed by atoms with Gasteiger partial charge in [0.2, 0.25) is 0 Å². The molecule has 0 saturated carbocycles. The number of amides is 1. The highest BCUT2D eigenvalue weighted by Crippen LogP contribution is 2.13. The largest absolute Gasteiger partial charge is 0.347 e. The van der Waals surface area contributed by atoms with Crippen LogP contribution < -0.4 is 0 Å². The Kier molecular flexibility index (Phi) is 5.75. The predicted molar refractivity (Wildman–Crippen MR) is 86.1 cm³/mol. The van der Waals surface area contributed by atoms with Gasteiger partial charge in [0.15, 0.2) is 0 Å². The number of nitrogens with zero attached hydrogens (tertiary/aromatic N) is 2. The van der Waals surface area contributed by atoms with Crippen LogP contribution in [0, 0.1) is 5.82 Å². The van der Waals surface area contributed by atoms with E-state index in [0.717, 1.165) is 31.4 Å². The van der Waals surface area contributed by atoms with E-state index in [1.807, 2.05) is 34.8 Å². The van der Waals surface area contributed by atoms with Gasteiger partial charge in [-0.2, -0.15) is 0 Å². The predicted octanol–water partition coefficient (Wildman–Crippen LogP) is 4.00. The molecule has 0 N–H and O–H groups in total. The van der Waals surface area contributed by atoms with E-state index in [4.69, 9.17) is 0 Å². The molecule has 2 aromatic rings. The second kappa shape index (κ2) is 7.78. The molecule has 0 aliphatic rings. The first kappa shape index (κ1) is 16.3. The fourth-order valence-corrected chi connectivity index (χ4v) is 2.46. The molecule has 0 unspecified atom stereocenters. The molecule has 3 nitrogen and oxygen atoms in total. The molecule has 1 heterocycles. The van der Waals surface area contributed by atoms with Gasteiger partial charge >= 0.3 is 0 Å². The zero-order valence-electron chi connectivity index (χ0n) is 13.3. The average molecular weight is 302 g/mol. The molecule has 4 heteroatoms. The van der Waals surface area contributed by atoms with Crippen LogP contribution in [0.25, 0.3) is 0 Å². The lowest BCUT2D eigenvalue weighted by Gasteiger charge is -2.23. The minimum absolute atomic E-state index is 0.0212. The summed E-state index contributed by atoms with van der Waals surface area (Å²) in [5, 5.41) is 0. The SMILES string of the molecule is CCCCCN(Cc1ccc(F)cc1)C(=O)c1cccn1C. The summed E-state index contributed by atoms with van der Waals surface area (Å²) < 4.78 is 14.9. The molecule has 1 aromatic carbocycles. The van der Waals surface area contributed by atoms with Gasteiger partial charge in [-0.15, -0.1) is 0 Å². The Morgan fingerprint density at radius 3 is 2.50 bits per heavy atom. The highest BCUT2D eigenvalue weighted by atomic mass is 19.1. The van der Waals surface area contributed by atoms with Gasteiger partial charge in [-0.1, -0.05) is 31.9 Å². The summed E-state index contributed by atoms with van der Waals surface area (Å²) in [4.78, 5) is 14.6. The molecule has 0 aliphatic carbocycles. The molecule has 0 bridgehead atoms. The van der Waals surface area contributed by atoms with Crippen molar-refractivity contribution in [2.75, 3.05) is 6.54 Å². The summed E-state index contributed by atoms with van der Waals surface area (Å²) in [6, 6.07) is 10.1. The van der Waals surface area contributed by atoms with E-state index in [2.05, 4.69) is 6.92 Å². The zero-order chi connectivity index (χ0) is 15.9. The number of benzene rings is 1. The summed E-state index contributed by atoms with van der Waals surface area (Å²) in [5.41, 5.74) is 1.62. The fourth-order valence-electron chi connectivity index (χ4n) is 2.46. The van der Waals surface area contributed by atoms with Crippen LogP contribution >= 0.6 is 0 Å². The van der Waals surface area contributed by atoms with E-state index in [1.54, 1.807) is 12.1 Å². The highest BCUT2D eigenvalue weighted by molar-refractivity contribution is 5.92. The fraction of sp³-hybridized carbons (Fsp3) is 0.389. The molecule has 0 radical (unpaired) electrons. The van der Waals surface area contributed by atoms with Crippen molar-refractivity contribution in [1.29, 1.82) is 0 Å². The van der Waals surface area contributed by atoms with Crippen LogP contribution in [-0.4, -0.2) is 21.9 Å². The van der Waals surface area contributed by atoms with Gasteiger partial charge in [0.05, 0.1) is 0 Å². The van der Waals surface area contributed by atoms with Crippen LogP contribution in [0.4, 0.5) is 4.39 Å². The van der Waals surface area contributed by atoms with Crippen LogP contribution in [0.15, 0.2) is 42.6 Å². The van der Waals surface area contributed by atoms with Gasteiger partial charge in [-0.3, -0.25) is 4.79 Å². The first-order valence-corrected chi connectivity index (χ1v) is 7.77. The van der Waals surface area contributed by atoms with E-state index in [-0.39, 0.29) is 11.7 Å². The lowest BCUT2D eigenvalue weighted by Crippen LogP contribution is -2.32. The average Bonchev–Trinajstić information content (AvgIpc) is 2.94. The molecule has 0 aliphatic heterocycles. The number of hydrogen-bond donors (Lipinski definition) is 0. The molecule has 0 atom stereocenters. The summed E-state index contributed by atoms with van der Waals surface area (Å²) in [6.45, 7) is 3.37. The Balaban J connectivity index is 2.13. The smallest absolute Gasteiger partial charge is 0.270 e. The van der Waals surface area contributed by atoms with Crippen molar-refractivity contribution in [2.45, 2.75) is 32.7 Å². The van der Waals surface area contributed by atoms with E-state index in [0.29, 0.717) is 12.2 Å². The minimum Gasteiger partial charge on any atom is -0.347 e. The van der Waals surface area contributed by atoms with Crippen LogP contribution in [0.1, 0.15) is 42.2 Å². The summed E-state index contributed by atoms with van der Waals surface area (Å²) >= 11 is 0. The maximum atomic E-state index is 13.0. The van der Waals surface area contributed by atoms with Crippen molar-refractivity contribution in [3.05, 3.63) is 59.7 Å². The minimum atomic E-state index is -0.255. The van der Waals surface area contributed by atoms with Crippen molar-refractivity contribution in [3.8, 4) is 0 Å². The van der Waals surface area contributed by atoms with Crippen LogP contribution in [0.5, 0.6) is 0 Å². The van der Waals surface area contributed by atoms with E-state index in [1.165, 1.54) is 12.1 Å². The molecular formula is C18H23FN2O. The molecular weight excluding hydrogens is 279 g/mol. The lowest BCUT2D eigenvalue weighted by atomic mass is 10.1. The van der Waals surface area contributed by atoms with Gasteiger partial charge in [0.1, 0.15) is 11.5 Å². The van der Waals surface area contributed by atoms with Gasteiger partial charge in [-0.05, 0) is 36.2 Å². The standard InChI is InChI=1S/C18H23FN2O/c1-3-4-5-13-21(14-15-8-10-16(19)11-9-15)18(22)17-7-6-12-20(17)2/h6-12H,3-5,13-14H2,1-2H3. The number of carbonyl (C=O) groups is 1. The van der Waals surface area contributed by atoms with Crippen LogP contribution in [0.3, 0.4) is 0 Å². The molecule has 22 heavy (non-hydrogen) atoms. The Morgan fingerprint density at radius 2 is 1.91 bits per heavy atom. The number of hydrogen-bond acceptors (Lipinski definition) is 1. The van der Waals surface area contributed by atoms with Crippen molar-refractivity contribution < 1.29 is 9.18 Å². The van der Waals surface area contributed by atoms with Crippen LogP contribution in [0.2, 0.25) is 0 Å². The topological polar surface area (TPSA) is 25.2 Å². The van der Waals surface area contributed by atoms with E-state index in [9.17, 15) is 9.18 Å². The quantitative estimate of drug-likeness (QED) is 0.710. The number of aryl methyl sites for hydroxylation is 1. The highest BCUT2D eigenvalue weighted by Gasteiger charge is 2.18. The third-order valence-corrected chi connectivity index (χ3v) is 3.77. The van der Waals surface area contributed by atoms with Crippen LogP contribution in [-0.2, 0) is 13.6 Å². The summed E-state index contributed by atoms with van der Waals surface area (Å²) in [6.07, 6.45) is 5.06. The Bertz CT molecular complexity index is 604. The number of aromatic nitrogens is 1. The first-order chi connectivity index (χ1) is 10.6. The molecule has 0 fully saturated rings. The molecule has 0 saturated heterocycles. The van der Waals surface area contributed by atoms with E-state index >= 15 is 0 Å². The second-order valence-electron chi connectivity index (χ2n) is 5.56. The lowest BCUT2D eigenvalue weighted by molar-refractivity contribution is 0.0730. The summed E-state index contributed by atoms with van der Waals surface area (Å²) in [7, 11) is 1.87. The van der Waals surface area contributed by atoms with Gasteiger partial charge in [-0.25, -0.2) is 4.39 Å². The first-order valence-electron chi connectivity index (χ1n) is 7.77. The summed E-state index contributed by atoms with van der Waals surface area (Å²) in [5.74, 6) is -0.233. The number of carbonyl (C=O) groups excluding carboxylic acids is 1. The van der Waals surface area contributed by atoms with Crippen molar-refractivity contribution >= 4 is 5.91 Å². The Hall–Kier alpha value is -2.10. The van der Waals surface area contributed by atoms with Crippen molar-refractivity contribution in [3.63, 3.8) is 0 Å². The Morgan fingerprint density at radius 1 is 1.18 bits per heavy atom. The number of unbranched alkanes of at least 4 members (excludes halogenated alkanes) is 2. The third-order valence-electron chi connectivity index (χ3n) is 3.77. The normalized spacial score (nSPS) is 10.7. The molecule has 0 spiro atoms. The van der Waals surface area contributed by atoms with Gasteiger partial charge in [0, 0.05) is 26.3 Å². The second-order valence-corrected chi connectivity index (χ2v) is 5.56. The monoisotopic (exact) mass is 302 g/mol. The molecule has 1 aromatic heterocycles.